The van der Waals surface area contributed by atoms with Gasteiger partial charge in [0.1, 0.15) is 6.04 Å². The Morgan fingerprint density at radius 2 is 1.53 bits per heavy atom. The first kappa shape index (κ1) is 32.6. The first-order valence-electron chi connectivity index (χ1n) is 16.0. The molecule has 0 saturated carbocycles. The highest BCUT2D eigenvalue weighted by Crippen LogP contribution is 2.38. The van der Waals surface area contributed by atoms with Crippen molar-refractivity contribution in [2.45, 2.75) is 76.1 Å². The Hall–Kier alpha value is -3.76. The number of nitrogens with zero attached hydrogens (tertiary/aromatic N) is 1. The monoisotopic (exact) mass is 615 g/mol. The molecule has 5 rings (SSSR count). The van der Waals surface area contributed by atoms with E-state index in [1.165, 1.54) is 39.2 Å². The molecule has 45 heavy (non-hydrogen) atoms. The molecule has 2 aliphatic rings. The third-order valence-electron chi connectivity index (χ3n) is 8.54. The van der Waals surface area contributed by atoms with E-state index >= 15 is 0 Å². The SMILES string of the molecule is COC(=O)[C@H](Cc1ccccc1)NC(=O)Nc1ccc([C@H]2O[C@@H](CN3CCCCCCC3)C[C@@H](c3ccc(CO)cc3)O2)cc1. The van der Waals surface area contributed by atoms with Crippen LogP contribution < -0.4 is 10.6 Å². The maximum Gasteiger partial charge on any atom is 0.328 e. The molecule has 3 aromatic carbocycles. The topological polar surface area (TPSA) is 109 Å². The van der Waals surface area contributed by atoms with Crippen molar-refractivity contribution in [2.75, 3.05) is 32.1 Å². The summed E-state index contributed by atoms with van der Waals surface area (Å²) < 4.78 is 18.0. The Bertz CT molecular complexity index is 1340. The van der Waals surface area contributed by atoms with Gasteiger partial charge >= 0.3 is 12.0 Å². The molecule has 0 unspecified atom stereocenters. The fourth-order valence-electron chi connectivity index (χ4n) is 6.05. The molecule has 240 valence electrons. The van der Waals surface area contributed by atoms with Gasteiger partial charge in [-0.25, -0.2) is 9.59 Å². The van der Waals surface area contributed by atoms with E-state index < -0.39 is 24.3 Å². The number of carbonyl (C=O) groups is 2. The van der Waals surface area contributed by atoms with E-state index in [2.05, 4.69) is 15.5 Å². The molecule has 3 aromatic rings. The van der Waals surface area contributed by atoms with Gasteiger partial charge in [0.2, 0.25) is 0 Å². The molecule has 4 atom stereocenters. The number of nitrogens with one attached hydrogen (secondary N) is 2. The van der Waals surface area contributed by atoms with Gasteiger partial charge in [-0.3, -0.25) is 0 Å². The van der Waals surface area contributed by atoms with Crippen LogP contribution in [0.5, 0.6) is 0 Å². The number of aliphatic hydroxyl groups is 1. The molecule has 0 aromatic heterocycles. The second kappa shape index (κ2) is 16.5. The summed E-state index contributed by atoms with van der Waals surface area (Å²) in [6.45, 7) is 3.04. The number of benzene rings is 3. The summed E-state index contributed by atoms with van der Waals surface area (Å²) in [6.07, 6.45) is 6.65. The van der Waals surface area contributed by atoms with Gasteiger partial charge in [-0.15, -0.1) is 0 Å². The van der Waals surface area contributed by atoms with Gasteiger partial charge in [0.25, 0.3) is 0 Å². The lowest BCUT2D eigenvalue weighted by Crippen LogP contribution is -2.45. The zero-order valence-corrected chi connectivity index (χ0v) is 26.0. The van der Waals surface area contributed by atoms with Gasteiger partial charge in [0, 0.05) is 30.6 Å². The second-order valence-electron chi connectivity index (χ2n) is 11.9. The summed E-state index contributed by atoms with van der Waals surface area (Å²) in [7, 11) is 1.31. The molecule has 3 N–H and O–H groups in total. The maximum atomic E-state index is 12.8. The van der Waals surface area contributed by atoms with Gasteiger partial charge < -0.3 is 34.9 Å². The van der Waals surface area contributed by atoms with Crippen molar-refractivity contribution < 1.29 is 28.9 Å². The number of methoxy groups -OCH3 is 1. The van der Waals surface area contributed by atoms with Crippen LogP contribution in [-0.2, 0) is 32.0 Å². The first-order chi connectivity index (χ1) is 22.0. The van der Waals surface area contributed by atoms with Crippen LogP contribution in [0.1, 0.15) is 73.2 Å². The van der Waals surface area contributed by atoms with Gasteiger partial charge in [-0.05, 0) is 54.8 Å². The number of aliphatic hydroxyl groups excluding tert-OH is 1. The number of carbonyl (C=O) groups excluding carboxylic acids is 2. The first-order valence-corrected chi connectivity index (χ1v) is 16.0. The number of esters is 1. The number of urea groups is 1. The zero-order valence-electron chi connectivity index (χ0n) is 26.0. The Labute approximate surface area is 265 Å². The Morgan fingerprint density at radius 3 is 2.20 bits per heavy atom. The fraction of sp³-hybridized carbons (Fsp3) is 0.444. The molecule has 9 nitrogen and oxygen atoms in total. The van der Waals surface area contributed by atoms with Gasteiger partial charge in [0.05, 0.1) is 25.9 Å². The molecule has 2 fully saturated rings. The maximum absolute atomic E-state index is 12.8. The minimum atomic E-state index is -0.824. The highest BCUT2D eigenvalue weighted by Gasteiger charge is 2.33. The lowest BCUT2D eigenvalue weighted by molar-refractivity contribution is -0.253. The van der Waals surface area contributed by atoms with Gasteiger partial charge in [-0.1, -0.05) is 86.0 Å². The highest BCUT2D eigenvalue weighted by atomic mass is 16.7. The largest absolute Gasteiger partial charge is 0.467 e. The summed E-state index contributed by atoms with van der Waals surface area (Å²) in [5.74, 6) is -0.512. The fourth-order valence-corrected chi connectivity index (χ4v) is 6.05. The van der Waals surface area contributed by atoms with Crippen molar-refractivity contribution >= 4 is 17.7 Å². The van der Waals surface area contributed by atoms with Crippen LogP contribution in [0.15, 0.2) is 78.9 Å². The highest BCUT2D eigenvalue weighted by molar-refractivity contribution is 5.92. The Kier molecular flexibility index (Phi) is 12.0. The average molecular weight is 616 g/mol. The number of ether oxygens (including phenoxy) is 3. The van der Waals surface area contributed by atoms with Crippen LogP contribution in [0.25, 0.3) is 0 Å². The molecule has 0 radical (unpaired) electrons. The molecule has 0 spiro atoms. The van der Waals surface area contributed by atoms with Crippen LogP contribution in [0.4, 0.5) is 10.5 Å². The van der Waals surface area contributed by atoms with E-state index in [0.717, 1.165) is 48.3 Å². The van der Waals surface area contributed by atoms with Gasteiger partial charge in [0.15, 0.2) is 6.29 Å². The lowest BCUT2D eigenvalue weighted by Gasteiger charge is -2.38. The minimum Gasteiger partial charge on any atom is -0.467 e. The summed E-state index contributed by atoms with van der Waals surface area (Å²) in [5.41, 5.74) is 4.27. The van der Waals surface area contributed by atoms with Crippen molar-refractivity contribution in [3.05, 3.63) is 101 Å². The number of amides is 2. The van der Waals surface area contributed by atoms with E-state index in [-0.39, 0.29) is 18.8 Å². The quantitative estimate of drug-likeness (QED) is 0.244. The van der Waals surface area contributed by atoms with Crippen LogP contribution in [0.3, 0.4) is 0 Å². The molecular weight excluding hydrogens is 570 g/mol. The predicted molar refractivity (Wildman–Crippen MR) is 172 cm³/mol. The van der Waals surface area contributed by atoms with E-state index in [9.17, 15) is 14.7 Å². The molecule has 2 aliphatic heterocycles. The van der Waals surface area contributed by atoms with E-state index in [1.54, 1.807) is 12.1 Å². The number of rotatable bonds is 10. The summed E-state index contributed by atoms with van der Waals surface area (Å²) in [4.78, 5) is 27.7. The van der Waals surface area contributed by atoms with Crippen molar-refractivity contribution in [3.8, 4) is 0 Å². The van der Waals surface area contributed by atoms with Crippen LogP contribution in [0.2, 0.25) is 0 Å². The second-order valence-corrected chi connectivity index (χ2v) is 11.9. The van der Waals surface area contributed by atoms with E-state index in [4.69, 9.17) is 14.2 Å². The third kappa shape index (κ3) is 9.61. The number of hydrogen-bond acceptors (Lipinski definition) is 7. The standard InChI is InChI=1S/C36H45N3O6/c1-43-34(41)32(22-26-10-6-5-7-11-26)38-36(42)37-30-18-16-29(17-19-30)35-44-31(24-39-20-8-3-2-4-9-21-39)23-33(45-35)28-14-12-27(25-40)13-15-28/h5-7,10-19,31-33,35,40H,2-4,8-9,20-25H2,1H3,(H2,37,38,42)/t31-,32+,33+,35+/m1/s1. The van der Waals surface area contributed by atoms with Crippen molar-refractivity contribution in [3.63, 3.8) is 0 Å². The Balaban J connectivity index is 1.25. The van der Waals surface area contributed by atoms with Crippen molar-refractivity contribution in [1.82, 2.24) is 10.2 Å². The molecular formula is C36H45N3O6. The van der Waals surface area contributed by atoms with Crippen molar-refractivity contribution in [1.29, 1.82) is 0 Å². The normalized spacial score (nSPS) is 21.6. The minimum absolute atomic E-state index is 0.00387. The molecule has 2 amide bonds. The van der Waals surface area contributed by atoms with Crippen LogP contribution in [0, 0.1) is 0 Å². The van der Waals surface area contributed by atoms with Gasteiger partial charge in [-0.2, -0.15) is 0 Å². The predicted octanol–water partition coefficient (Wildman–Crippen LogP) is 5.90. The van der Waals surface area contributed by atoms with Crippen LogP contribution >= 0.6 is 0 Å². The Morgan fingerprint density at radius 1 is 0.867 bits per heavy atom. The molecule has 9 heteroatoms. The smallest absolute Gasteiger partial charge is 0.328 e. The summed E-state index contributed by atoms with van der Waals surface area (Å²) in [6, 6.07) is 23.5. The summed E-state index contributed by atoms with van der Waals surface area (Å²) >= 11 is 0. The molecule has 2 saturated heterocycles. The molecule has 2 heterocycles. The third-order valence-corrected chi connectivity index (χ3v) is 8.54. The van der Waals surface area contributed by atoms with Crippen molar-refractivity contribution in [2.24, 2.45) is 0 Å². The summed E-state index contributed by atoms with van der Waals surface area (Å²) in [5, 5.41) is 15.1. The van der Waals surface area contributed by atoms with E-state index in [0.29, 0.717) is 12.1 Å². The number of hydrogen-bond donors (Lipinski definition) is 3. The lowest BCUT2D eigenvalue weighted by atomic mass is 9.99. The molecule has 0 bridgehead atoms. The van der Waals surface area contributed by atoms with Crippen LogP contribution in [-0.4, -0.2) is 60.9 Å². The van der Waals surface area contributed by atoms with E-state index in [1.807, 2.05) is 66.7 Å². The molecule has 0 aliphatic carbocycles. The number of anilines is 1. The average Bonchev–Trinajstić information content (AvgIpc) is 3.06. The zero-order chi connectivity index (χ0) is 31.4. The number of likely N-dealkylation sites (tertiary alicyclic amines) is 1.